The minimum Gasteiger partial charge on any atom is -0.480 e. The van der Waals surface area contributed by atoms with E-state index < -0.39 is 11.5 Å². The average molecular weight is 318 g/mol. The van der Waals surface area contributed by atoms with E-state index in [4.69, 9.17) is 0 Å². The highest BCUT2D eigenvalue weighted by Gasteiger charge is 2.33. The fourth-order valence-electron chi connectivity index (χ4n) is 1.71. The highest BCUT2D eigenvalue weighted by atomic mass is 79.9. The number of halogens is 2. The molecule has 100 valence electrons. The summed E-state index contributed by atoms with van der Waals surface area (Å²) in [4.78, 5) is 12.9. The third-order valence-electron chi connectivity index (χ3n) is 3.06. The van der Waals surface area contributed by atoms with Crippen molar-refractivity contribution in [3.63, 3.8) is 0 Å². The van der Waals surface area contributed by atoms with E-state index in [0.717, 1.165) is 4.47 Å². The van der Waals surface area contributed by atoms with E-state index in [1.165, 1.54) is 6.07 Å². The van der Waals surface area contributed by atoms with Gasteiger partial charge in [-0.1, -0.05) is 22.9 Å². The maximum Gasteiger partial charge on any atom is 0.323 e. The van der Waals surface area contributed by atoms with Crippen molar-refractivity contribution in [2.75, 3.05) is 6.54 Å². The largest absolute Gasteiger partial charge is 0.480 e. The molecule has 0 aromatic heterocycles. The highest BCUT2D eigenvalue weighted by molar-refractivity contribution is 9.10. The number of carbonyl (C=O) groups is 1. The molecule has 5 heteroatoms. The summed E-state index contributed by atoms with van der Waals surface area (Å²) in [6.07, 6.45) is 0. The summed E-state index contributed by atoms with van der Waals surface area (Å²) < 4.78 is 14.4. The lowest BCUT2D eigenvalue weighted by Gasteiger charge is -2.34. The van der Waals surface area contributed by atoms with Gasteiger partial charge in [-0.3, -0.25) is 9.69 Å². The Morgan fingerprint density at radius 3 is 2.61 bits per heavy atom. The molecule has 0 amide bonds. The van der Waals surface area contributed by atoms with Gasteiger partial charge in [0.2, 0.25) is 0 Å². The molecule has 0 aliphatic heterocycles. The van der Waals surface area contributed by atoms with E-state index in [-0.39, 0.29) is 12.4 Å². The number of carboxylic acids is 1. The van der Waals surface area contributed by atoms with Gasteiger partial charge in [-0.15, -0.1) is 0 Å². The lowest BCUT2D eigenvalue weighted by Crippen LogP contribution is -2.49. The predicted octanol–water partition coefficient (Wildman–Crippen LogP) is 3.27. The molecule has 18 heavy (non-hydrogen) atoms. The van der Waals surface area contributed by atoms with Crippen molar-refractivity contribution in [2.45, 2.75) is 32.9 Å². The number of nitrogens with zero attached hydrogens (tertiary/aromatic N) is 1. The first-order valence-electron chi connectivity index (χ1n) is 5.71. The summed E-state index contributed by atoms with van der Waals surface area (Å²) in [5.41, 5.74) is -0.538. The zero-order valence-corrected chi connectivity index (χ0v) is 12.3. The molecule has 0 radical (unpaired) electrons. The molecule has 0 atom stereocenters. The lowest BCUT2D eigenvalue weighted by atomic mass is 10.0. The van der Waals surface area contributed by atoms with Gasteiger partial charge < -0.3 is 5.11 Å². The standard InChI is InChI=1S/C13H17BrFNO2/c1-4-16(13(2,3)12(17)18)8-9-7-10(14)5-6-11(9)15/h5-7H,4,8H2,1-3H3,(H,17,18). The van der Waals surface area contributed by atoms with Crippen molar-refractivity contribution in [3.8, 4) is 0 Å². The Morgan fingerprint density at radius 2 is 2.11 bits per heavy atom. The normalized spacial score (nSPS) is 11.9. The van der Waals surface area contributed by atoms with E-state index in [1.54, 1.807) is 30.9 Å². The fraction of sp³-hybridized carbons (Fsp3) is 0.462. The molecule has 0 aliphatic rings. The molecule has 0 saturated heterocycles. The third-order valence-corrected chi connectivity index (χ3v) is 3.56. The Bertz CT molecular complexity index is 449. The number of rotatable bonds is 5. The Hall–Kier alpha value is -0.940. The van der Waals surface area contributed by atoms with Crippen molar-refractivity contribution in [2.24, 2.45) is 0 Å². The first-order chi connectivity index (χ1) is 8.28. The fourth-order valence-corrected chi connectivity index (χ4v) is 2.12. The second kappa shape index (κ2) is 5.80. The van der Waals surface area contributed by atoms with Gasteiger partial charge >= 0.3 is 5.97 Å². The van der Waals surface area contributed by atoms with Crippen LogP contribution in [0.3, 0.4) is 0 Å². The zero-order valence-electron chi connectivity index (χ0n) is 10.7. The van der Waals surface area contributed by atoms with Crippen LogP contribution in [0.5, 0.6) is 0 Å². The number of aliphatic carboxylic acids is 1. The first-order valence-corrected chi connectivity index (χ1v) is 6.50. The maximum absolute atomic E-state index is 13.7. The molecule has 1 N–H and O–H groups in total. The van der Waals surface area contributed by atoms with Gasteiger partial charge in [0.15, 0.2) is 0 Å². The third kappa shape index (κ3) is 3.29. The van der Waals surface area contributed by atoms with Crippen LogP contribution < -0.4 is 0 Å². The molecule has 1 rings (SSSR count). The van der Waals surface area contributed by atoms with Gasteiger partial charge in [-0.2, -0.15) is 0 Å². The molecule has 1 aromatic rings. The smallest absolute Gasteiger partial charge is 0.323 e. The van der Waals surface area contributed by atoms with Crippen molar-refractivity contribution >= 4 is 21.9 Å². The first kappa shape index (κ1) is 15.1. The minimum absolute atomic E-state index is 0.265. The Kier molecular flexibility index (Phi) is 4.87. The minimum atomic E-state index is -1.02. The van der Waals surface area contributed by atoms with Gasteiger partial charge in [-0.05, 0) is 38.6 Å². The number of benzene rings is 1. The number of carboxylic acid groups (broad SMARTS) is 1. The topological polar surface area (TPSA) is 40.5 Å². The zero-order chi connectivity index (χ0) is 13.9. The van der Waals surface area contributed by atoms with Crippen LogP contribution in [0.25, 0.3) is 0 Å². The van der Waals surface area contributed by atoms with Gasteiger partial charge in [0.05, 0.1) is 0 Å². The molecule has 0 unspecified atom stereocenters. The van der Waals surface area contributed by atoms with Gasteiger partial charge in [0.1, 0.15) is 11.4 Å². The summed E-state index contributed by atoms with van der Waals surface area (Å²) >= 11 is 3.29. The summed E-state index contributed by atoms with van der Waals surface area (Å²) in [5, 5.41) is 9.20. The van der Waals surface area contributed by atoms with Crippen LogP contribution in [0.2, 0.25) is 0 Å². The SMILES string of the molecule is CCN(Cc1cc(Br)ccc1F)C(C)(C)C(=O)O. The second-order valence-electron chi connectivity index (χ2n) is 4.61. The summed E-state index contributed by atoms with van der Waals surface area (Å²) in [6.45, 7) is 5.90. The number of hydrogen-bond donors (Lipinski definition) is 1. The Morgan fingerprint density at radius 1 is 1.50 bits per heavy atom. The van der Waals surface area contributed by atoms with Crippen molar-refractivity contribution in [1.82, 2.24) is 4.90 Å². The average Bonchev–Trinajstić information content (AvgIpc) is 2.29. The van der Waals surface area contributed by atoms with E-state index in [1.807, 2.05) is 6.92 Å². The molecule has 0 spiro atoms. The number of likely N-dealkylation sites (N-methyl/N-ethyl adjacent to an activating group) is 1. The van der Waals surface area contributed by atoms with Gasteiger partial charge in [-0.25, -0.2) is 4.39 Å². The maximum atomic E-state index is 13.7. The Labute approximate surface area is 115 Å². The second-order valence-corrected chi connectivity index (χ2v) is 5.53. The van der Waals surface area contributed by atoms with Crippen LogP contribution in [-0.2, 0) is 11.3 Å². The molecular weight excluding hydrogens is 301 g/mol. The molecular formula is C13H17BrFNO2. The quantitative estimate of drug-likeness (QED) is 0.906. The highest BCUT2D eigenvalue weighted by Crippen LogP contribution is 2.22. The van der Waals surface area contributed by atoms with E-state index in [0.29, 0.717) is 12.1 Å². The number of hydrogen-bond acceptors (Lipinski definition) is 2. The molecule has 0 aliphatic carbocycles. The van der Waals surface area contributed by atoms with Crippen molar-refractivity contribution < 1.29 is 14.3 Å². The van der Waals surface area contributed by atoms with Gasteiger partial charge in [0, 0.05) is 16.6 Å². The van der Waals surface area contributed by atoms with Crippen LogP contribution in [0.1, 0.15) is 26.3 Å². The van der Waals surface area contributed by atoms with Crippen molar-refractivity contribution in [1.29, 1.82) is 0 Å². The molecule has 0 heterocycles. The van der Waals surface area contributed by atoms with E-state index >= 15 is 0 Å². The predicted molar refractivity (Wildman–Crippen MR) is 71.9 cm³/mol. The van der Waals surface area contributed by atoms with E-state index in [2.05, 4.69) is 15.9 Å². The van der Waals surface area contributed by atoms with Crippen LogP contribution in [0, 0.1) is 5.82 Å². The van der Waals surface area contributed by atoms with Crippen molar-refractivity contribution in [3.05, 3.63) is 34.1 Å². The van der Waals surface area contributed by atoms with E-state index in [9.17, 15) is 14.3 Å². The van der Waals surface area contributed by atoms with Crippen LogP contribution in [0.4, 0.5) is 4.39 Å². The molecule has 0 bridgehead atoms. The van der Waals surface area contributed by atoms with Crippen LogP contribution >= 0.6 is 15.9 Å². The summed E-state index contributed by atoms with van der Waals surface area (Å²) in [7, 11) is 0. The molecule has 0 fully saturated rings. The van der Waals surface area contributed by atoms with Gasteiger partial charge in [0.25, 0.3) is 0 Å². The molecule has 3 nitrogen and oxygen atoms in total. The van der Waals surface area contributed by atoms with Crippen LogP contribution in [-0.4, -0.2) is 28.1 Å². The molecule has 0 saturated carbocycles. The lowest BCUT2D eigenvalue weighted by molar-refractivity contribution is -0.149. The Balaban J connectivity index is 3.00. The monoisotopic (exact) mass is 317 g/mol. The van der Waals surface area contributed by atoms with Crippen LogP contribution in [0.15, 0.2) is 22.7 Å². The molecule has 1 aromatic carbocycles. The summed E-state index contributed by atoms with van der Waals surface area (Å²) in [5.74, 6) is -1.24. The summed E-state index contributed by atoms with van der Waals surface area (Å²) in [6, 6.07) is 4.68.